The molecule has 2 unspecified atom stereocenters. The average Bonchev–Trinajstić information content (AvgIpc) is 2.87. The molecule has 8 heteroatoms. The molecule has 1 aliphatic heterocycles. The maximum Gasteiger partial charge on any atom is 0.311 e. The number of aliphatic carboxylic acids is 1. The van der Waals surface area contributed by atoms with Crippen molar-refractivity contribution in [3.63, 3.8) is 0 Å². The molecule has 2 atom stereocenters. The summed E-state index contributed by atoms with van der Waals surface area (Å²) in [5.74, 6) is -2.53. The van der Waals surface area contributed by atoms with Crippen molar-refractivity contribution in [2.75, 3.05) is 25.2 Å². The Morgan fingerprint density at radius 2 is 2.25 bits per heavy atom. The summed E-state index contributed by atoms with van der Waals surface area (Å²) in [5, 5.41) is 19.6. The summed E-state index contributed by atoms with van der Waals surface area (Å²) in [7, 11) is 1.54. The second-order valence-corrected chi connectivity index (χ2v) is 4.55. The van der Waals surface area contributed by atoms with E-state index < -0.39 is 28.7 Å². The minimum Gasteiger partial charge on any atom is -0.481 e. The van der Waals surface area contributed by atoms with Gasteiger partial charge in [-0.2, -0.15) is 0 Å². The molecule has 0 saturated carbocycles. The Bertz CT molecular complexity index is 551. The highest BCUT2D eigenvalue weighted by Crippen LogP contribution is 2.28. The summed E-state index contributed by atoms with van der Waals surface area (Å²) < 4.78 is 19.0. The van der Waals surface area contributed by atoms with E-state index >= 15 is 0 Å². The van der Waals surface area contributed by atoms with Crippen LogP contribution in [0.2, 0.25) is 0 Å². The Balaban J connectivity index is 2.27. The van der Waals surface area contributed by atoms with Crippen molar-refractivity contribution < 1.29 is 24.0 Å². The zero-order chi connectivity index (χ0) is 14.9. The topological polar surface area (TPSA) is 92.9 Å². The van der Waals surface area contributed by atoms with Gasteiger partial charge in [-0.1, -0.05) is 0 Å². The number of halogens is 1. The summed E-state index contributed by atoms with van der Waals surface area (Å²) in [6.07, 6.45) is 0. The molecule has 0 radical (unpaired) electrons. The van der Waals surface area contributed by atoms with Crippen LogP contribution in [0.4, 0.5) is 15.8 Å². The highest BCUT2D eigenvalue weighted by Gasteiger charge is 2.37. The normalized spacial score (nSPS) is 21.7. The predicted molar refractivity (Wildman–Crippen MR) is 67.2 cm³/mol. The lowest BCUT2D eigenvalue weighted by atomic mass is 10.0. The zero-order valence-corrected chi connectivity index (χ0v) is 10.7. The summed E-state index contributed by atoms with van der Waals surface area (Å²) in [6.45, 7) is 0.239. The first kappa shape index (κ1) is 14.2. The van der Waals surface area contributed by atoms with Crippen molar-refractivity contribution in [2.24, 2.45) is 5.92 Å². The van der Waals surface area contributed by atoms with Gasteiger partial charge < -0.3 is 14.7 Å². The van der Waals surface area contributed by atoms with Gasteiger partial charge in [-0.3, -0.25) is 14.9 Å². The highest BCUT2D eigenvalue weighted by molar-refractivity contribution is 5.72. The van der Waals surface area contributed by atoms with E-state index in [1.807, 2.05) is 0 Å². The number of likely N-dealkylation sites (N-methyl/N-ethyl adjacent to an activating group) is 1. The van der Waals surface area contributed by atoms with E-state index in [9.17, 15) is 19.3 Å². The Morgan fingerprint density at radius 1 is 1.55 bits per heavy atom. The van der Waals surface area contributed by atoms with Crippen molar-refractivity contribution in [2.45, 2.75) is 6.04 Å². The largest absolute Gasteiger partial charge is 0.481 e. The molecule has 1 aliphatic rings. The second kappa shape index (κ2) is 5.41. The van der Waals surface area contributed by atoms with Gasteiger partial charge >= 0.3 is 5.97 Å². The van der Waals surface area contributed by atoms with Gasteiger partial charge in [0, 0.05) is 13.1 Å². The van der Waals surface area contributed by atoms with Crippen molar-refractivity contribution in [3.8, 4) is 0 Å². The van der Waals surface area contributed by atoms with Crippen LogP contribution in [0, 0.1) is 21.8 Å². The average molecular weight is 284 g/mol. The molecule has 1 aromatic rings. The number of anilines is 1. The molecule has 1 aromatic carbocycles. The Morgan fingerprint density at radius 3 is 2.80 bits per heavy atom. The molecule has 0 aliphatic carbocycles. The maximum absolute atomic E-state index is 13.9. The van der Waals surface area contributed by atoms with Crippen LogP contribution >= 0.6 is 0 Å². The first-order valence-electron chi connectivity index (χ1n) is 5.89. The molecule has 0 amide bonds. The molecule has 20 heavy (non-hydrogen) atoms. The van der Waals surface area contributed by atoms with Gasteiger partial charge in [-0.05, 0) is 6.07 Å². The molecular weight excluding hydrogens is 271 g/mol. The first-order chi connectivity index (χ1) is 9.41. The lowest BCUT2D eigenvalue weighted by Crippen LogP contribution is -2.41. The summed E-state index contributed by atoms with van der Waals surface area (Å²) >= 11 is 0. The van der Waals surface area contributed by atoms with Crippen molar-refractivity contribution in [1.82, 2.24) is 0 Å². The maximum atomic E-state index is 13.9. The fourth-order valence-corrected chi connectivity index (χ4v) is 2.23. The molecule has 0 bridgehead atoms. The molecule has 2 rings (SSSR count). The number of carboxylic acid groups (broad SMARTS) is 1. The summed E-state index contributed by atoms with van der Waals surface area (Å²) in [6, 6.07) is 2.76. The van der Waals surface area contributed by atoms with E-state index in [1.54, 1.807) is 7.05 Å². The van der Waals surface area contributed by atoms with Crippen molar-refractivity contribution in [1.29, 1.82) is 0 Å². The monoisotopic (exact) mass is 284 g/mol. The number of hydrogen-bond acceptors (Lipinski definition) is 5. The number of benzene rings is 1. The third-order valence-electron chi connectivity index (χ3n) is 3.39. The van der Waals surface area contributed by atoms with Crippen molar-refractivity contribution in [3.05, 3.63) is 34.1 Å². The number of carboxylic acids is 1. The molecule has 1 N–H and O–H groups in total. The molecule has 108 valence electrons. The van der Waals surface area contributed by atoms with Gasteiger partial charge in [-0.25, -0.2) is 4.39 Å². The zero-order valence-electron chi connectivity index (χ0n) is 10.7. The number of nitrogens with zero attached hydrogens (tertiary/aromatic N) is 2. The van der Waals surface area contributed by atoms with Crippen LogP contribution in [-0.2, 0) is 9.53 Å². The van der Waals surface area contributed by atoms with Gasteiger partial charge in [0.25, 0.3) is 5.69 Å². The van der Waals surface area contributed by atoms with E-state index in [0.717, 1.165) is 6.07 Å². The van der Waals surface area contributed by atoms with Gasteiger partial charge in [-0.15, -0.1) is 0 Å². The van der Waals surface area contributed by atoms with Gasteiger partial charge in [0.05, 0.1) is 35.9 Å². The number of ether oxygens (including phenoxy) is 1. The quantitative estimate of drug-likeness (QED) is 0.661. The van der Waals surface area contributed by atoms with Crippen LogP contribution in [0.5, 0.6) is 0 Å². The third kappa shape index (κ3) is 2.55. The predicted octanol–water partition coefficient (Wildman–Crippen LogP) is 1.27. The number of non-ortho nitro benzene ring substituents is 1. The smallest absolute Gasteiger partial charge is 0.311 e. The number of rotatable bonds is 4. The second-order valence-electron chi connectivity index (χ2n) is 4.55. The SMILES string of the molecule is CN(c1ccc([N+](=O)[O-])cc1F)C1COCC1C(=O)O. The summed E-state index contributed by atoms with van der Waals surface area (Å²) in [5.41, 5.74) is -0.241. The van der Waals surface area contributed by atoms with Crippen LogP contribution in [-0.4, -0.2) is 42.3 Å². The number of hydrogen-bond donors (Lipinski definition) is 1. The number of carbonyl (C=O) groups is 1. The van der Waals surface area contributed by atoms with Gasteiger partial charge in [0.15, 0.2) is 5.82 Å². The minimum absolute atomic E-state index is 0.0684. The van der Waals surface area contributed by atoms with Crippen LogP contribution in [0.3, 0.4) is 0 Å². The first-order valence-corrected chi connectivity index (χ1v) is 5.89. The molecule has 7 nitrogen and oxygen atoms in total. The van der Waals surface area contributed by atoms with Crippen LogP contribution in [0.15, 0.2) is 18.2 Å². The lowest BCUT2D eigenvalue weighted by molar-refractivity contribution is -0.385. The lowest BCUT2D eigenvalue weighted by Gasteiger charge is -2.28. The van der Waals surface area contributed by atoms with Crippen LogP contribution in [0.25, 0.3) is 0 Å². The number of nitro groups is 1. The fraction of sp³-hybridized carbons (Fsp3) is 0.417. The van der Waals surface area contributed by atoms with Crippen LogP contribution < -0.4 is 4.90 Å². The van der Waals surface area contributed by atoms with Crippen molar-refractivity contribution >= 4 is 17.3 Å². The van der Waals surface area contributed by atoms with E-state index in [0.29, 0.717) is 0 Å². The molecular formula is C12H13FN2O5. The minimum atomic E-state index is -1.01. The van der Waals surface area contributed by atoms with Gasteiger partial charge in [0.1, 0.15) is 5.92 Å². The standard InChI is InChI=1S/C12H13FN2O5/c1-14(11-6-20-5-8(11)12(16)17)10-3-2-7(15(18)19)4-9(10)13/h2-4,8,11H,5-6H2,1H3,(H,16,17). The fourth-order valence-electron chi connectivity index (χ4n) is 2.23. The van der Waals surface area contributed by atoms with E-state index in [4.69, 9.17) is 9.84 Å². The van der Waals surface area contributed by atoms with Gasteiger partial charge in [0.2, 0.25) is 0 Å². The third-order valence-corrected chi connectivity index (χ3v) is 3.39. The molecule has 1 saturated heterocycles. The molecule has 0 spiro atoms. The van der Waals surface area contributed by atoms with E-state index in [-0.39, 0.29) is 24.6 Å². The molecule has 0 aromatic heterocycles. The molecule has 1 fully saturated rings. The number of nitro benzene ring substituents is 1. The molecule has 1 heterocycles. The van der Waals surface area contributed by atoms with E-state index in [2.05, 4.69) is 0 Å². The Kier molecular flexibility index (Phi) is 3.84. The Labute approximate surface area is 113 Å². The summed E-state index contributed by atoms with van der Waals surface area (Å²) in [4.78, 5) is 22.4. The van der Waals surface area contributed by atoms with Crippen LogP contribution in [0.1, 0.15) is 0 Å². The highest BCUT2D eigenvalue weighted by atomic mass is 19.1. The van der Waals surface area contributed by atoms with E-state index in [1.165, 1.54) is 17.0 Å². The Hall–Kier alpha value is -2.22.